The van der Waals surface area contributed by atoms with Gasteiger partial charge >= 0.3 is 0 Å². The first-order chi connectivity index (χ1) is 15.2. The molecule has 1 aliphatic carbocycles. The van der Waals surface area contributed by atoms with E-state index in [1.54, 1.807) is 0 Å². The molecule has 0 atom stereocenters. The molecule has 1 fully saturated rings. The van der Waals surface area contributed by atoms with Gasteiger partial charge in [-0.1, -0.05) is 33.8 Å². The number of hydrogen-bond donors (Lipinski definition) is 1. The fourth-order valence-electron chi connectivity index (χ4n) is 4.69. The molecular formula is C27H36N2O3. The summed E-state index contributed by atoms with van der Waals surface area (Å²) in [6.07, 6.45) is 2.33. The second-order valence-corrected chi connectivity index (χ2v) is 10.3. The normalized spacial score (nSPS) is 19.8. The van der Waals surface area contributed by atoms with Crippen LogP contribution < -0.4 is 10.1 Å². The Hall–Kier alpha value is -2.37. The number of carbonyl (C=O) groups excluding carboxylic acids is 1. The number of fused-ring (bicyclic) bond motifs is 1. The first-order valence-corrected chi connectivity index (χ1v) is 11.7. The van der Waals surface area contributed by atoms with Crippen molar-refractivity contribution >= 4 is 11.6 Å². The molecule has 0 aromatic heterocycles. The fourth-order valence-corrected chi connectivity index (χ4v) is 4.69. The van der Waals surface area contributed by atoms with E-state index in [4.69, 9.17) is 9.47 Å². The van der Waals surface area contributed by atoms with Gasteiger partial charge in [0, 0.05) is 30.9 Å². The van der Waals surface area contributed by atoms with Crippen LogP contribution in [0.3, 0.4) is 0 Å². The lowest BCUT2D eigenvalue weighted by molar-refractivity contribution is 0.0322. The molecule has 4 rings (SSSR count). The van der Waals surface area contributed by atoms with E-state index in [-0.39, 0.29) is 16.7 Å². The van der Waals surface area contributed by atoms with Gasteiger partial charge in [-0.3, -0.25) is 9.69 Å². The van der Waals surface area contributed by atoms with Gasteiger partial charge in [-0.05, 0) is 71.2 Å². The third-order valence-corrected chi connectivity index (χ3v) is 7.01. The van der Waals surface area contributed by atoms with E-state index in [0.717, 1.165) is 50.7 Å². The molecule has 1 heterocycles. The highest BCUT2D eigenvalue weighted by Crippen LogP contribution is 2.46. The topological polar surface area (TPSA) is 50.8 Å². The van der Waals surface area contributed by atoms with Crippen molar-refractivity contribution in [3.05, 3.63) is 59.2 Å². The van der Waals surface area contributed by atoms with Gasteiger partial charge in [0.15, 0.2) is 0 Å². The van der Waals surface area contributed by atoms with E-state index in [2.05, 4.69) is 50.0 Å². The van der Waals surface area contributed by atoms with Gasteiger partial charge in [-0.2, -0.15) is 0 Å². The lowest BCUT2D eigenvalue weighted by Crippen LogP contribution is -2.38. The van der Waals surface area contributed by atoms with Crippen LogP contribution in [0.1, 0.15) is 62.0 Å². The third kappa shape index (κ3) is 5.16. The van der Waals surface area contributed by atoms with Crippen molar-refractivity contribution in [1.29, 1.82) is 0 Å². The Labute approximate surface area is 192 Å². The molecule has 2 aromatic carbocycles. The summed E-state index contributed by atoms with van der Waals surface area (Å²) >= 11 is 0. The summed E-state index contributed by atoms with van der Waals surface area (Å²) in [5.74, 6) is 0.685. The maximum Gasteiger partial charge on any atom is 0.255 e. The molecule has 0 spiro atoms. The molecule has 172 valence electrons. The standard InChI is InChI=1S/C27H36N2O3/c1-26(2)11-12-27(3,4)24-19-21(7-10-23(24)26)28-25(30)20-5-8-22(9-6-20)32-18-15-29-13-16-31-17-14-29/h5-10,19H,11-18H2,1-4H3,(H,28,30). The van der Waals surface area contributed by atoms with E-state index in [1.165, 1.54) is 17.5 Å². The largest absolute Gasteiger partial charge is 0.492 e. The van der Waals surface area contributed by atoms with Crippen molar-refractivity contribution in [2.45, 2.75) is 51.4 Å². The minimum Gasteiger partial charge on any atom is -0.492 e. The van der Waals surface area contributed by atoms with Crippen LogP contribution >= 0.6 is 0 Å². The summed E-state index contributed by atoms with van der Waals surface area (Å²) in [7, 11) is 0. The minimum atomic E-state index is -0.0994. The van der Waals surface area contributed by atoms with Crippen molar-refractivity contribution < 1.29 is 14.3 Å². The molecule has 2 aliphatic rings. The van der Waals surface area contributed by atoms with Gasteiger partial charge in [0.05, 0.1) is 13.2 Å². The molecule has 1 aliphatic heterocycles. The zero-order chi connectivity index (χ0) is 22.8. The molecule has 0 bridgehead atoms. The van der Waals surface area contributed by atoms with Crippen molar-refractivity contribution in [3.8, 4) is 5.75 Å². The summed E-state index contributed by atoms with van der Waals surface area (Å²) in [4.78, 5) is 15.2. The molecule has 0 unspecified atom stereocenters. The van der Waals surface area contributed by atoms with Crippen LogP contribution in [0.2, 0.25) is 0 Å². The second kappa shape index (κ2) is 9.24. The fraction of sp³-hybridized carbons (Fsp3) is 0.519. The van der Waals surface area contributed by atoms with E-state index in [1.807, 2.05) is 30.3 Å². The smallest absolute Gasteiger partial charge is 0.255 e. The number of benzene rings is 2. The molecule has 1 amide bonds. The molecule has 1 N–H and O–H groups in total. The number of nitrogens with one attached hydrogen (secondary N) is 1. The maximum atomic E-state index is 12.8. The van der Waals surface area contributed by atoms with Crippen LogP contribution in [0.4, 0.5) is 5.69 Å². The summed E-state index contributed by atoms with van der Waals surface area (Å²) in [5.41, 5.74) is 4.51. The molecule has 5 nitrogen and oxygen atoms in total. The lowest BCUT2D eigenvalue weighted by atomic mass is 9.63. The quantitative estimate of drug-likeness (QED) is 0.692. The predicted octanol–water partition coefficient (Wildman–Crippen LogP) is 5.00. The highest BCUT2D eigenvalue weighted by Gasteiger charge is 2.37. The van der Waals surface area contributed by atoms with Crippen LogP contribution in [0, 0.1) is 0 Å². The van der Waals surface area contributed by atoms with Crippen LogP contribution in [0.15, 0.2) is 42.5 Å². The lowest BCUT2D eigenvalue weighted by Gasteiger charge is -2.42. The van der Waals surface area contributed by atoms with E-state index in [0.29, 0.717) is 12.2 Å². The SMILES string of the molecule is CC1(C)CCC(C)(C)c2cc(NC(=O)c3ccc(OCCN4CCOCC4)cc3)ccc21. The molecular weight excluding hydrogens is 400 g/mol. The van der Waals surface area contributed by atoms with Crippen molar-refractivity contribution in [2.24, 2.45) is 0 Å². The summed E-state index contributed by atoms with van der Waals surface area (Å²) in [6, 6.07) is 13.8. The number of amides is 1. The van der Waals surface area contributed by atoms with Crippen molar-refractivity contribution in [3.63, 3.8) is 0 Å². The van der Waals surface area contributed by atoms with Crippen LogP contribution in [-0.4, -0.2) is 50.3 Å². The maximum absolute atomic E-state index is 12.8. The zero-order valence-corrected chi connectivity index (χ0v) is 19.9. The van der Waals surface area contributed by atoms with E-state index < -0.39 is 0 Å². The summed E-state index contributed by atoms with van der Waals surface area (Å²) in [5, 5.41) is 3.08. The van der Waals surface area contributed by atoms with E-state index >= 15 is 0 Å². The molecule has 1 saturated heterocycles. The number of rotatable bonds is 6. The van der Waals surface area contributed by atoms with Crippen LogP contribution in [0.5, 0.6) is 5.75 Å². The first-order valence-electron chi connectivity index (χ1n) is 11.7. The van der Waals surface area contributed by atoms with Crippen molar-refractivity contribution in [1.82, 2.24) is 4.90 Å². The third-order valence-electron chi connectivity index (χ3n) is 7.01. The van der Waals surface area contributed by atoms with Gasteiger partial charge in [0.25, 0.3) is 5.91 Å². The van der Waals surface area contributed by atoms with Gasteiger partial charge in [0.2, 0.25) is 0 Å². The highest BCUT2D eigenvalue weighted by atomic mass is 16.5. The monoisotopic (exact) mass is 436 g/mol. The molecule has 2 aromatic rings. The van der Waals surface area contributed by atoms with Crippen molar-refractivity contribution in [2.75, 3.05) is 44.8 Å². The number of ether oxygens (including phenoxy) is 2. The highest BCUT2D eigenvalue weighted by molar-refractivity contribution is 6.04. The second-order valence-electron chi connectivity index (χ2n) is 10.3. The number of carbonyl (C=O) groups is 1. The Kier molecular flexibility index (Phi) is 6.59. The Morgan fingerprint density at radius 3 is 2.31 bits per heavy atom. The van der Waals surface area contributed by atoms with E-state index in [9.17, 15) is 4.79 Å². The molecule has 32 heavy (non-hydrogen) atoms. The van der Waals surface area contributed by atoms with Gasteiger partial charge in [-0.15, -0.1) is 0 Å². The summed E-state index contributed by atoms with van der Waals surface area (Å²) in [6.45, 7) is 14.2. The first kappa shape index (κ1) is 22.8. The number of morpholine rings is 1. The van der Waals surface area contributed by atoms with Gasteiger partial charge in [-0.25, -0.2) is 0 Å². The average molecular weight is 437 g/mol. The Balaban J connectivity index is 1.37. The molecule has 0 radical (unpaired) electrons. The zero-order valence-electron chi connectivity index (χ0n) is 19.9. The van der Waals surface area contributed by atoms with Gasteiger partial charge < -0.3 is 14.8 Å². The number of anilines is 1. The van der Waals surface area contributed by atoms with Crippen LogP contribution in [-0.2, 0) is 15.6 Å². The average Bonchev–Trinajstić information content (AvgIpc) is 2.78. The van der Waals surface area contributed by atoms with Gasteiger partial charge in [0.1, 0.15) is 12.4 Å². The molecule has 0 saturated carbocycles. The number of hydrogen-bond acceptors (Lipinski definition) is 4. The number of nitrogens with zero attached hydrogens (tertiary/aromatic N) is 1. The van der Waals surface area contributed by atoms with Crippen LogP contribution in [0.25, 0.3) is 0 Å². The minimum absolute atomic E-state index is 0.0994. The molecule has 5 heteroatoms. The summed E-state index contributed by atoms with van der Waals surface area (Å²) < 4.78 is 11.2. The predicted molar refractivity (Wildman–Crippen MR) is 129 cm³/mol. The Bertz CT molecular complexity index is 944. The Morgan fingerprint density at radius 1 is 0.969 bits per heavy atom. The Morgan fingerprint density at radius 2 is 1.62 bits per heavy atom.